The van der Waals surface area contributed by atoms with Crippen LogP contribution in [-0.2, 0) is 14.3 Å². The fourth-order valence-corrected chi connectivity index (χ4v) is 4.60. The lowest BCUT2D eigenvalue weighted by molar-refractivity contribution is -0.163. The largest absolute Gasteiger partial charge is 0.482 e. The van der Waals surface area contributed by atoms with E-state index in [1.165, 1.54) is 0 Å². The van der Waals surface area contributed by atoms with Crippen LogP contribution in [0.5, 0.6) is 5.75 Å². The Balaban J connectivity index is 1.39. The molecule has 5 rings (SSSR count). The molecular weight excluding hydrogens is 398 g/mol. The molecule has 2 amide bonds. The van der Waals surface area contributed by atoms with Crippen LogP contribution in [0.25, 0.3) is 0 Å². The maximum Gasteiger partial charge on any atom is 0.408 e. The number of rotatable bonds is 4. The van der Waals surface area contributed by atoms with Crippen LogP contribution in [-0.4, -0.2) is 48.5 Å². The van der Waals surface area contributed by atoms with Crippen LogP contribution in [0.4, 0.5) is 10.5 Å². The maximum atomic E-state index is 12.5. The Labute approximate surface area is 182 Å². The highest BCUT2D eigenvalue weighted by Gasteiger charge is 2.51. The third-order valence-electron chi connectivity index (χ3n) is 6.36. The third kappa shape index (κ3) is 4.47. The first-order valence-electron chi connectivity index (χ1n) is 10.8. The second-order valence-electron chi connectivity index (χ2n) is 9.76. The monoisotopic (exact) mass is 427 g/mol. The summed E-state index contributed by atoms with van der Waals surface area (Å²) in [4.78, 5) is 26.5. The zero-order chi connectivity index (χ0) is 22.3. The molecule has 3 fully saturated rings. The lowest BCUT2D eigenvalue weighted by atomic mass is 9.70. The van der Waals surface area contributed by atoms with Gasteiger partial charge in [-0.05, 0) is 71.1 Å². The fraction of sp³-hybridized carbons (Fsp3) is 0.609. The van der Waals surface area contributed by atoms with Gasteiger partial charge < -0.3 is 24.4 Å². The molecular formula is C23H29N3O5. The van der Waals surface area contributed by atoms with Gasteiger partial charge >= 0.3 is 6.09 Å². The Bertz CT molecular complexity index is 906. The summed E-state index contributed by atoms with van der Waals surface area (Å²) in [5.74, 6) is 0.497. The average Bonchev–Trinajstić information content (AvgIpc) is 2.72. The summed E-state index contributed by atoms with van der Waals surface area (Å²) in [5, 5.41) is 12.2. The number of carbonyl (C=O) groups excluding carboxylic acids is 2. The number of carbonyl (C=O) groups is 2. The summed E-state index contributed by atoms with van der Waals surface area (Å²) in [5.41, 5.74) is -0.0963. The van der Waals surface area contributed by atoms with Crippen LogP contribution in [0.15, 0.2) is 18.2 Å². The molecule has 0 radical (unpaired) electrons. The van der Waals surface area contributed by atoms with Gasteiger partial charge in [0.25, 0.3) is 5.91 Å². The van der Waals surface area contributed by atoms with Gasteiger partial charge in [0.15, 0.2) is 6.61 Å². The fourth-order valence-electron chi connectivity index (χ4n) is 4.60. The Kier molecular flexibility index (Phi) is 5.34. The van der Waals surface area contributed by atoms with E-state index < -0.39 is 11.7 Å². The van der Waals surface area contributed by atoms with Gasteiger partial charge in [-0.2, -0.15) is 5.26 Å². The first-order valence-corrected chi connectivity index (χ1v) is 10.8. The summed E-state index contributed by atoms with van der Waals surface area (Å²) >= 11 is 0. The summed E-state index contributed by atoms with van der Waals surface area (Å²) < 4.78 is 17.2. The number of amides is 2. The van der Waals surface area contributed by atoms with Gasteiger partial charge in [-0.3, -0.25) is 4.79 Å². The smallest absolute Gasteiger partial charge is 0.408 e. The molecule has 2 saturated heterocycles. The van der Waals surface area contributed by atoms with Crippen molar-refractivity contribution in [1.82, 2.24) is 5.32 Å². The van der Waals surface area contributed by atoms with Gasteiger partial charge in [0.05, 0.1) is 35.1 Å². The van der Waals surface area contributed by atoms with E-state index in [2.05, 4.69) is 11.4 Å². The highest BCUT2D eigenvalue weighted by molar-refractivity contribution is 5.98. The van der Waals surface area contributed by atoms with Gasteiger partial charge in [0, 0.05) is 6.54 Å². The normalized spacial score (nSPS) is 27.2. The number of hydrogen-bond acceptors (Lipinski definition) is 6. The predicted octanol–water partition coefficient (Wildman–Crippen LogP) is 3.28. The second-order valence-corrected chi connectivity index (χ2v) is 9.76. The van der Waals surface area contributed by atoms with Crippen LogP contribution in [0.1, 0.15) is 58.4 Å². The average molecular weight is 428 g/mol. The highest BCUT2D eigenvalue weighted by Crippen LogP contribution is 2.46. The summed E-state index contributed by atoms with van der Waals surface area (Å²) in [6.07, 6.45) is 3.54. The molecule has 1 saturated carbocycles. The van der Waals surface area contributed by atoms with Gasteiger partial charge in [0.2, 0.25) is 0 Å². The minimum atomic E-state index is -0.541. The van der Waals surface area contributed by atoms with E-state index in [0.717, 1.165) is 25.7 Å². The van der Waals surface area contributed by atoms with Crippen molar-refractivity contribution in [3.8, 4) is 11.8 Å². The molecule has 8 heteroatoms. The van der Waals surface area contributed by atoms with Crippen LogP contribution < -0.4 is 15.0 Å². The van der Waals surface area contributed by atoms with E-state index >= 15 is 0 Å². The van der Waals surface area contributed by atoms with Crippen LogP contribution >= 0.6 is 0 Å². The molecule has 3 heterocycles. The first kappa shape index (κ1) is 21.4. The van der Waals surface area contributed by atoms with E-state index in [1.807, 2.05) is 20.8 Å². The second kappa shape index (κ2) is 7.72. The molecule has 0 atom stereocenters. The van der Waals surface area contributed by atoms with Crippen molar-refractivity contribution in [2.45, 2.75) is 69.6 Å². The van der Waals surface area contributed by atoms with Crippen molar-refractivity contribution in [3.05, 3.63) is 23.8 Å². The SMILES string of the molecule is CC(C)(C)OC(=O)NC12CCC(CCN3C(=O)COc4ccc(C#N)cc43)(CC1)OC2. The number of benzene rings is 1. The Hall–Kier alpha value is -2.79. The van der Waals surface area contributed by atoms with Gasteiger partial charge in [-0.15, -0.1) is 0 Å². The number of hydrogen-bond donors (Lipinski definition) is 1. The van der Waals surface area contributed by atoms with Crippen molar-refractivity contribution in [1.29, 1.82) is 5.26 Å². The summed E-state index contributed by atoms with van der Waals surface area (Å²) in [6.45, 7) is 6.47. The molecule has 1 aromatic carbocycles. The van der Waals surface area contributed by atoms with E-state index in [9.17, 15) is 14.9 Å². The zero-order valence-corrected chi connectivity index (χ0v) is 18.3. The molecule has 0 aromatic heterocycles. The molecule has 31 heavy (non-hydrogen) atoms. The van der Waals surface area contributed by atoms with E-state index in [0.29, 0.717) is 36.6 Å². The standard InChI is InChI=1S/C23H29N3O5/c1-21(2,3)31-20(28)25-22-6-8-23(9-7-22,30-15-22)10-11-26-17-12-16(13-24)4-5-18(17)29-14-19(26)27/h4-5,12H,6-11,14-15H2,1-3H3,(H,25,28). The number of alkyl carbamates (subject to hydrolysis) is 1. The number of fused-ring (bicyclic) bond motifs is 4. The Morgan fingerprint density at radius 3 is 2.65 bits per heavy atom. The summed E-state index contributed by atoms with van der Waals surface area (Å²) in [7, 11) is 0. The van der Waals surface area contributed by atoms with Crippen LogP contribution in [0.2, 0.25) is 0 Å². The Morgan fingerprint density at radius 2 is 2.03 bits per heavy atom. The van der Waals surface area contributed by atoms with Crippen molar-refractivity contribution >= 4 is 17.7 Å². The molecule has 1 N–H and O–H groups in total. The molecule has 3 aliphatic heterocycles. The number of nitrogens with one attached hydrogen (secondary N) is 1. The number of ether oxygens (including phenoxy) is 3. The van der Waals surface area contributed by atoms with Gasteiger partial charge in [-0.25, -0.2) is 4.79 Å². The lowest BCUT2D eigenvalue weighted by Crippen LogP contribution is -2.63. The van der Waals surface area contributed by atoms with E-state index in [1.54, 1.807) is 23.1 Å². The maximum absolute atomic E-state index is 12.5. The van der Waals surface area contributed by atoms with Crippen molar-refractivity contribution in [3.63, 3.8) is 0 Å². The third-order valence-corrected chi connectivity index (χ3v) is 6.36. The molecule has 8 nitrogen and oxygen atoms in total. The Morgan fingerprint density at radius 1 is 1.29 bits per heavy atom. The zero-order valence-electron chi connectivity index (χ0n) is 18.3. The molecule has 166 valence electrons. The lowest BCUT2D eigenvalue weighted by Gasteiger charge is -2.53. The number of anilines is 1. The highest BCUT2D eigenvalue weighted by atomic mass is 16.6. The quantitative estimate of drug-likeness (QED) is 0.791. The van der Waals surface area contributed by atoms with Crippen molar-refractivity contribution in [2.24, 2.45) is 0 Å². The first-order chi connectivity index (χ1) is 14.6. The number of nitriles is 1. The van der Waals surface area contributed by atoms with Gasteiger partial charge in [0.1, 0.15) is 11.4 Å². The molecule has 1 aromatic rings. The summed E-state index contributed by atoms with van der Waals surface area (Å²) in [6, 6.07) is 7.24. The molecule has 0 spiro atoms. The van der Waals surface area contributed by atoms with Crippen LogP contribution in [0, 0.1) is 11.3 Å². The van der Waals surface area contributed by atoms with E-state index in [-0.39, 0.29) is 23.7 Å². The van der Waals surface area contributed by atoms with Crippen molar-refractivity contribution < 1.29 is 23.8 Å². The van der Waals surface area contributed by atoms with E-state index in [4.69, 9.17) is 14.2 Å². The predicted molar refractivity (Wildman–Crippen MR) is 113 cm³/mol. The van der Waals surface area contributed by atoms with Gasteiger partial charge in [-0.1, -0.05) is 0 Å². The molecule has 0 unspecified atom stereocenters. The number of nitrogens with zero attached hydrogens (tertiary/aromatic N) is 2. The molecule has 2 bridgehead atoms. The molecule has 1 aliphatic carbocycles. The van der Waals surface area contributed by atoms with Crippen molar-refractivity contribution in [2.75, 3.05) is 24.7 Å². The van der Waals surface area contributed by atoms with Crippen LogP contribution in [0.3, 0.4) is 0 Å². The minimum Gasteiger partial charge on any atom is -0.482 e. The molecule has 4 aliphatic rings. The minimum absolute atomic E-state index is 0.00429. The topological polar surface area (TPSA) is 101 Å².